The molecule has 0 bridgehead atoms. The van der Waals surface area contributed by atoms with Crippen LogP contribution in [0.4, 0.5) is 62.8 Å². The Kier molecular flexibility index (Phi) is 25.5. The lowest BCUT2D eigenvalue weighted by molar-refractivity contribution is 0.0820. The largest absolute Gasteiger partial charge is 0.399 e. The van der Waals surface area contributed by atoms with Crippen LogP contribution in [0.3, 0.4) is 0 Å². The fourth-order valence-corrected chi connectivity index (χ4v) is 8.83. The third-order valence-electron chi connectivity index (χ3n) is 14.0. The molecule has 0 unspecified atom stereocenters. The first-order valence-corrected chi connectivity index (χ1v) is 29.8. The van der Waals surface area contributed by atoms with E-state index in [-0.39, 0.29) is 35.4 Å². The normalized spacial score (nSPS) is 10.2. The van der Waals surface area contributed by atoms with Crippen molar-refractivity contribution in [3.8, 4) is 0 Å². The third-order valence-corrected chi connectivity index (χ3v) is 14.2. The molecular weight excluding hydrogens is 1210 g/mol. The molecule has 3 aromatic carbocycles. The Labute approximate surface area is 552 Å². The minimum absolute atomic E-state index is 0.00287. The van der Waals surface area contributed by atoms with Gasteiger partial charge in [-0.05, 0) is 172 Å². The molecule has 0 spiro atoms. The fraction of sp³-hybridized carbons (Fsp3) is 0.217. The smallest absolute Gasteiger partial charge is 0.271 e. The first-order chi connectivity index (χ1) is 44.7. The number of carbonyl (C=O) groups is 6. The van der Waals surface area contributed by atoms with Crippen LogP contribution in [-0.2, 0) is 0 Å². The maximum absolute atomic E-state index is 12.2. The van der Waals surface area contributed by atoms with E-state index in [1.807, 2.05) is 77.9 Å². The number of nitrogen functional groups attached to an aromatic ring is 1. The van der Waals surface area contributed by atoms with Gasteiger partial charge in [-0.3, -0.25) is 28.8 Å². The van der Waals surface area contributed by atoms with E-state index >= 15 is 0 Å². The number of aromatic nitrogens is 6. The number of halogens is 1. The zero-order valence-electron chi connectivity index (χ0n) is 55.3. The lowest BCUT2D eigenvalue weighted by atomic mass is 10.1. The zero-order valence-corrected chi connectivity index (χ0v) is 56.0. The molecule has 6 heterocycles. The lowest BCUT2D eigenvalue weighted by Crippen LogP contribution is -2.21. The number of nitrogens with two attached hydrogens (primary N) is 1. The van der Waals surface area contributed by atoms with Gasteiger partial charge in [0.05, 0.1) is 17.1 Å². The molecule has 488 valence electrons. The Morgan fingerprint density at radius 1 is 0.362 bits per heavy atom. The summed E-state index contributed by atoms with van der Waals surface area (Å²) < 4.78 is 0. The molecule has 0 atom stereocenters. The fourth-order valence-electron chi connectivity index (χ4n) is 8.67. The summed E-state index contributed by atoms with van der Waals surface area (Å²) >= 11 is 5.87. The Bertz CT molecular complexity index is 4040. The van der Waals surface area contributed by atoms with Crippen molar-refractivity contribution in [1.82, 2.24) is 60.6 Å². The summed E-state index contributed by atoms with van der Waals surface area (Å²) in [6.45, 7) is 11.5. The van der Waals surface area contributed by atoms with E-state index in [1.54, 1.807) is 188 Å². The molecule has 10 N–H and O–H groups in total. The van der Waals surface area contributed by atoms with Gasteiger partial charge in [-0.2, -0.15) is 0 Å². The van der Waals surface area contributed by atoms with Gasteiger partial charge in [0.15, 0.2) is 17.1 Å². The zero-order chi connectivity index (χ0) is 68.9. The molecule has 9 aromatic rings. The van der Waals surface area contributed by atoms with Crippen LogP contribution < -0.4 is 48.3 Å². The van der Waals surface area contributed by atoms with Crippen LogP contribution >= 0.6 is 11.6 Å². The van der Waals surface area contributed by atoms with Crippen LogP contribution in [0.15, 0.2) is 146 Å². The van der Waals surface area contributed by atoms with Gasteiger partial charge in [-0.1, -0.05) is 11.6 Å². The average Bonchev–Trinajstić information content (AvgIpc) is 0.861. The SMILES string of the molecule is CNC(=O)c1ncccc1Nc1cc(Cl)ncc1C.CNC(=O)c1ncccc1Nc1cc(Nc2ccc(C(=O)N(C)C)cc2C)ncc1C.CNC(=O)c1ncccc1Nc1cc(Nc2ccc(C(=O)N(C)C)cc2C)ncc1C.Cc1cc(C(=O)N(C)C)ccc1N. The number of nitrogens with zero attached hydrogens (tertiary/aromatic N) is 9. The Morgan fingerprint density at radius 2 is 0.681 bits per heavy atom. The van der Waals surface area contributed by atoms with Crippen LogP contribution in [0.1, 0.15) is 95.9 Å². The molecule has 94 heavy (non-hydrogen) atoms. The van der Waals surface area contributed by atoms with Crippen molar-refractivity contribution in [3.05, 3.63) is 219 Å². The summed E-state index contributed by atoms with van der Waals surface area (Å²) in [5.41, 5.74) is 20.7. The Balaban J connectivity index is 0.000000209. The maximum Gasteiger partial charge on any atom is 0.271 e. The van der Waals surface area contributed by atoms with Gasteiger partial charge in [0, 0.05) is 164 Å². The topological polar surface area (TPSA) is 312 Å². The van der Waals surface area contributed by atoms with Crippen LogP contribution in [0, 0.1) is 41.5 Å². The number of pyridine rings is 6. The van der Waals surface area contributed by atoms with Crippen molar-refractivity contribution in [2.24, 2.45) is 0 Å². The van der Waals surface area contributed by atoms with Crippen LogP contribution in [0.2, 0.25) is 5.15 Å². The number of hydrogen-bond donors (Lipinski definition) is 9. The van der Waals surface area contributed by atoms with E-state index in [2.05, 4.69) is 72.4 Å². The molecule has 0 radical (unpaired) electrons. The number of aryl methyl sites for hydroxylation is 6. The average molecular weight is 1290 g/mol. The standard InChI is InChI=1S/2C23H26N6O2.C13H13ClN4O.C10H14N2O/c2*1-14-11-16(23(31)29(4)5)8-9-17(14)28-20-12-19(15(2)13-26-20)27-18-7-6-10-25-21(18)22(30)24-3;1-8-7-17-11(14)6-10(8)18-9-4-3-5-16-12(9)13(19)15-2;1-7-6-8(4-5-9(7)11)10(13)12(2)3/h2*6-13H,1-5H3,(H,24,30)(H2,26,27,28);3-7H,1-2H3,(H,15,19)(H,17,18);4-6H,11H2,1-3H3. The van der Waals surface area contributed by atoms with Gasteiger partial charge < -0.3 is 63.0 Å². The van der Waals surface area contributed by atoms with Crippen molar-refractivity contribution in [1.29, 1.82) is 0 Å². The summed E-state index contributed by atoms with van der Waals surface area (Å²) in [6, 6.07) is 32.4. The molecule has 0 aliphatic rings. The number of amides is 6. The molecule has 0 saturated heterocycles. The van der Waals surface area contributed by atoms with Crippen molar-refractivity contribution >= 4 is 110 Å². The van der Waals surface area contributed by atoms with E-state index in [4.69, 9.17) is 17.3 Å². The summed E-state index contributed by atoms with van der Waals surface area (Å²) in [4.78, 5) is 102. The summed E-state index contributed by atoms with van der Waals surface area (Å²) in [5.74, 6) is 0.397. The van der Waals surface area contributed by atoms with E-state index in [0.717, 1.165) is 67.5 Å². The van der Waals surface area contributed by atoms with Crippen LogP contribution in [-0.4, -0.2) is 143 Å². The van der Waals surface area contributed by atoms with Gasteiger partial charge in [0.1, 0.15) is 16.8 Å². The monoisotopic (exact) mass is 1290 g/mol. The van der Waals surface area contributed by atoms with Gasteiger partial charge in [0.2, 0.25) is 0 Å². The minimum atomic E-state index is -0.267. The highest BCUT2D eigenvalue weighted by atomic mass is 35.5. The maximum atomic E-state index is 12.2. The predicted molar refractivity (Wildman–Crippen MR) is 373 cm³/mol. The van der Waals surface area contributed by atoms with E-state index in [9.17, 15) is 28.8 Å². The van der Waals surface area contributed by atoms with Crippen LogP contribution in [0.25, 0.3) is 0 Å². The number of rotatable bonds is 16. The molecule has 0 aliphatic heterocycles. The van der Waals surface area contributed by atoms with E-state index in [1.165, 1.54) is 0 Å². The van der Waals surface area contributed by atoms with E-state index in [0.29, 0.717) is 67.6 Å². The summed E-state index contributed by atoms with van der Waals surface area (Å²) in [6.07, 6.45) is 9.90. The third kappa shape index (κ3) is 19.5. The molecular formula is C69H79ClN18O6. The molecule has 24 nitrogen and oxygen atoms in total. The van der Waals surface area contributed by atoms with Crippen molar-refractivity contribution in [2.75, 3.05) is 95.7 Å². The highest BCUT2D eigenvalue weighted by Crippen LogP contribution is 2.30. The predicted octanol–water partition coefficient (Wildman–Crippen LogP) is 11.1. The molecule has 0 aliphatic carbocycles. The van der Waals surface area contributed by atoms with Crippen LogP contribution in [0.5, 0.6) is 0 Å². The minimum Gasteiger partial charge on any atom is -0.399 e. The molecule has 0 saturated carbocycles. The second kappa shape index (κ2) is 33.5. The van der Waals surface area contributed by atoms with Gasteiger partial charge in [-0.25, -0.2) is 29.9 Å². The van der Waals surface area contributed by atoms with Crippen molar-refractivity contribution in [2.45, 2.75) is 41.5 Å². The quantitative estimate of drug-likeness (QED) is 0.0321. The molecule has 6 aromatic heterocycles. The summed E-state index contributed by atoms with van der Waals surface area (Å²) in [5, 5.41) is 24.4. The number of benzene rings is 3. The van der Waals surface area contributed by atoms with Gasteiger partial charge in [-0.15, -0.1) is 0 Å². The molecule has 6 amide bonds. The number of nitrogens with one attached hydrogen (secondary N) is 8. The first kappa shape index (κ1) is 71.5. The summed E-state index contributed by atoms with van der Waals surface area (Å²) in [7, 11) is 15.1. The highest BCUT2D eigenvalue weighted by molar-refractivity contribution is 6.29. The van der Waals surface area contributed by atoms with Gasteiger partial charge >= 0.3 is 0 Å². The first-order valence-electron chi connectivity index (χ1n) is 29.4. The number of carbonyl (C=O) groups excluding carboxylic acids is 6. The van der Waals surface area contributed by atoms with Gasteiger partial charge in [0.25, 0.3) is 35.4 Å². The van der Waals surface area contributed by atoms with Crippen molar-refractivity contribution in [3.63, 3.8) is 0 Å². The second-order valence-electron chi connectivity index (χ2n) is 21.9. The number of hydrogen-bond acceptors (Lipinski definition) is 18. The highest BCUT2D eigenvalue weighted by Gasteiger charge is 2.18. The Hall–Kier alpha value is -11.5. The second-order valence-corrected chi connectivity index (χ2v) is 22.3. The Morgan fingerprint density at radius 3 is 1.00 bits per heavy atom. The number of anilines is 11. The van der Waals surface area contributed by atoms with E-state index < -0.39 is 0 Å². The molecule has 0 fully saturated rings. The molecule has 25 heteroatoms. The molecule has 9 rings (SSSR count). The van der Waals surface area contributed by atoms with Crippen molar-refractivity contribution < 1.29 is 28.8 Å². The lowest BCUT2D eigenvalue weighted by Gasteiger charge is -2.16.